The summed E-state index contributed by atoms with van der Waals surface area (Å²) in [4.78, 5) is 4.90. The Balaban J connectivity index is 1.67. The number of nitrogens with one attached hydrogen (secondary N) is 1. The predicted molar refractivity (Wildman–Crippen MR) is 104 cm³/mol. The number of hydrogen-bond donors (Lipinski definition) is 1. The Morgan fingerprint density at radius 2 is 1.92 bits per heavy atom. The van der Waals surface area contributed by atoms with Crippen LogP contribution in [0.2, 0.25) is 0 Å². The van der Waals surface area contributed by atoms with Crippen LogP contribution in [0.15, 0.2) is 34.5 Å². The first kappa shape index (κ1) is 18.8. The summed E-state index contributed by atoms with van der Waals surface area (Å²) >= 11 is 1.50. The van der Waals surface area contributed by atoms with Gasteiger partial charge in [0.2, 0.25) is 15.2 Å². The van der Waals surface area contributed by atoms with E-state index in [0.29, 0.717) is 17.9 Å². The largest absolute Gasteiger partial charge is 0.240 e. The summed E-state index contributed by atoms with van der Waals surface area (Å²) in [5.41, 5.74) is 4.48. The molecule has 2 aromatic heterocycles. The summed E-state index contributed by atoms with van der Waals surface area (Å²) in [5, 5.41) is 7.16. The summed E-state index contributed by atoms with van der Waals surface area (Å²) in [7, 11) is -3.52. The zero-order chi connectivity index (χ0) is 18.9. The molecule has 0 radical (unpaired) electrons. The van der Waals surface area contributed by atoms with Gasteiger partial charge >= 0.3 is 0 Å². The van der Waals surface area contributed by atoms with Crippen LogP contribution in [0.25, 0.3) is 5.13 Å². The van der Waals surface area contributed by atoms with Crippen molar-refractivity contribution in [1.82, 2.24) is 19.5 Å². The fourth-order valence-corrected chi connectivity index (χ4v) is 4.94. The number of aryl methyl sites for hydroxylation is 4. The van der Waals surface area contributed by atoms with E-state index >= 15 is 0 Å². The second-order valence-electron chi connectivity index (χ2n) is 6.38. The van der Waals surface area contributed by atoms with Crippen LogP contribution in [0.3, 0.4) is 0 Å². The molecule has 1 N–H and O–H groups in total. The molecule has 0 aliphatic carbocycles. The van der Waals surface area contributed by atoms with E-state index in [4.69, 9.17) is 0 Å². The number of thiazole rings is 1. The van der Waals surface area contributed by atoms with Crippen LogP contribution in [0.1, 0.15) is 28.2 Å². The summed E-state index contributed by atoms with van der Waals surface area (Å²) < 4.78 is 29.5. The van der Waals surface area contributed by atoms with Crippen LogP contribution >= 0.6 is 11.3 Å². The first-order valence-corrected chi connectivity index (χ1v) is 10.7. The van der Waals surface area contributed by atoms with Crippen molar-refractivity contribution in [2.24, 2.45) is 0 Å². The number of benzene rings is 1. The van der Waals surface area contributed by atoms with E-state index in [1.54, 1.807) is 13.0 Å². The third-order valence-corrected chi connectivity index (χ3v) is 6.50. The van der Waals surface area contributed by atoms with Gasteiger partial charge in [-0.3, -0.25) is 0 Å². The number of nitrogens with zero attached hydrogens (tertiary/aromatic N) is 3. The highest BCUT2D eigenvalue weighted by Crippen LogP contribution is 2.18. The van der Waals surface area contributed by atoms with Crippen LogP contribution in [0.5, 0.6) is 0 Å². The van der Waals surface area contributed by atoms with E-state index in [1.165, 1.54) is 11.3 Å². The normalized spacial score (nSPS) is 11.8. The Kier molecular flexibility index (Phi) is 5.27. The van der Waals surface area contributed by atoms with Gasteiger partial charge in [0.1, 0.15) is 0 Å². The average molecular weight is 391 g/mol. The van der Waals surface area contributed by atoms with Gasteiger partial charge in [0, 0.05) is 24.0 Å². The Hall–Kier alpha value is -2.03. The molecule has 8 heteroatoms. The van der Waals surface area contributed by atoms with Gasteiger partial charge in [-0.1, -0.05) is 12.1 Å². The van der Waals surface area contributed by atoms with Crippen molar-refractivity contribution >= 4 is 21.4 Å². The smallest absolute Gasteiger partial charge is 0.223 e. The topological polar surface area (TPSA) is 76.9 Å². The van der Waals surface area contributed by atoms with Gasteiger partial charge in [-0.2, -0.15) is 5.10 Å². The molecule has 0 spiro atoms. The van der Waals surface area contributed by atoms with Crippen LogP contribution in [0, 0.1) is 27.7 Å². The summed E-state index contributed by atoms with van der Waals surface area (Å²) in [5.74, 6) is 0. The molecule has 26 heavy (non-hydrogen) atoms. The lowest BCUT2D eigenvalue weighted by atomic mass is 10.2. The van der Waals surface area contributed by atoms with Crippen molar-refractivity contribution in [1.29, 1.82) is 0 Å². The Bertz CT molecular complexity index is 1040. The second kappa shape index (κ2) is 7.30. The highest BCUT2D eigenvalue weighted by atomic mass is 32.2. The molecular formula is C18H22N4O2S2. The van der Waals surface area contributed by atoms with Gasteiger partial charge in [-0.25, -0.2) is 22.8 Å². The summed E-state index contributed by atoms with van der Waals surface area (Å²) in [6.07, 6.45) is 0.528. The molecule has 3 rings (SSSR count). The number of rotatable bonds is 6. The van der Waals surface area contributed by atoms with Crippen molar-refractivity contribution in [2.75, 3.05) is 6.54 Å². The predicted octanol–water partition coefficient (Wildman–Crippen LogP) is 3.08. The summed E-state index contributed by atoms with van der Waals surface area (Å²) in [6.45, 7) is 7.92. The van der Waals surface area contributed by atoms with Crippen molar-refractivity contribution in [3.8, 4) is 5.13 Å². The minimum Gasteiger partial charge on any atom is -0.223 e. The zero-order valence-corrected chi connectivity index (χ0v) is 16.9. The maximum atomic E-state index is 12.5. The van der Waals surface area contributed by atoms with Crippen molar-refractivity contribution in [3.63, 3.8) is 0 Å². The molecule has 0 saturated heterocycles. The van der Waals surface area contributed by atoms with Gasteiger partial charge in [0.25, 0.3) is 0 Å². The molecule has 0 atom stereocenters. The van der Waals surface area contributed by atoms with E-state index in [2.05, 4.69) is 14.8 Å². The SMILES string of the molecule is Cc1ccc(C)c(S(=O)(=O)NCCc2csc(-n3nc(C)cc3C)n2)c1. The Morgan fingerprint density at radius 1 is 1.15 bits per heavy atom. The minimum atomic E-state index is -3.52. The highest BCUT2D eigenvalue weighted by molar-refractivity contribution is 7.89. The molecule has 138 valence electrons. The molecule has 0 amide bonds. The third-order valence-electron chi connectivity index (χ3n) is 4.04. The van der Waals surface area contributed by atoms with E-state index in [9.17, 15) is 8.42 Å². The van der Waals surface area contributed by atoms with Gasteiger partial charge in [0.05, 0.1) is 16.3 Å². The lowest BCUT2D eigenvalue weighted by Crippen LogP contribution is -2.26. The number of sulfonamides is 1. The van der Waals surface area contributed by atoms with Crippen LogP contribution < -0.4 is 4.72 Å². The maximum Gasteiger partial charge on any atom is 0.240 e. The van der Waals surface area contributed by atoms with Crippen molar-refractivity contribution in [3.05, 3.63) is 57.9 Å². The number of aromatic nitrogens is 3. The van der Waals surface area contributed by atoms with Crippen LogP contribution in [-0.4, -0.2) is 29.7 Å². The van der Waals surface area contributed by atoms with Crippen LogP contribution in [-0.2, 0) is 16.4 Å². The second-order valence-corrected chi connectivity index (χ2v) is 8.95. The first-order valence-electron chi connectivity index (χ1n) is 8.31. The van der Waals surface area contributed by atoms with Gasteiger partial charge in [-0.15, -0.1) is 11.3 Å². The molecule has 0 aliphatic rings. The molecule has 6 nitrogen and oxygen atoms in total. The van der Waals surface area contributed by atoms with Crippen molar-refractivity contribution in [2.45, 2.75) is 39.0 Å². The monoisotopic (exact) mass is 390 g/mol. The summed E-state index contributed by atoms with van der Waals surface area (Å²) in [6, 6.07) is 7.43. The van der Waals surface area contributed by atoms with Gasteiger partial charge < -0.3 is 0 Å². The third kappa shape index (κ3) is 4.03. The molecule has 2 heterocycles. The minimum absolute atomic E-state index is 0.302. The lowest BCUT2D eigenvalue weighted by Gasteiger charge is -2.09. The van der Waals surface area contributed by atoms with Crippen LogP contribution in [0.4, 0.5) is 0 Å². The van der Waals surface area contributed by atoms with Gasteiger partial charge in [0.15, 0.2) is 0 Å². The molecule has 0 bridgehead atoms. The van der Waals surface area contributed by atoms with E-state index < -0.39 is 10.0 Å². The molecule has 3 aromatic rings. The standard InChI is InChI=1S/C18H22N4O2S2/c1-12-5-6-13(2)17(9-12)26(23,24)19-8-7-16-11-25-18(20-16)22-15(4)10-14(3)21-22/h5-6,9-11,19H,7-8H2,1-4H3. The lowest BCUT2D eigenvalue weighted by molar-refractivity contribution is 0.580. The zero-order valence-electron chi connectivity index (χ0n) is 15.3. The van der Waals surface area contributed by atoms with Gasteiger partial charge in [-0.05, 0) is 51.0 Å². The quantitative estimate of drug-likeness (QED) is 0.702. The average Bonchev–Trinajstić information content (AvgIpc) is 3.15. The fourth-order valence-electron chi connectivity index (χ4n) is 2.72. The Labute approximate surface area is 158 Å². The molecule has 0 fully saturated rings. The molecule has 0 unspecified atom stereocenters. The molecule has 1 aromatic carbocycles. The van der Waals surface area contributed by atoms with E-state index in [1.807, 2.05) is 49.0 Å². The van der Waals surface area contributed by atoms with E-state index in [0.717, 1.165) is 33.3 Å². The van der Waals surface area contributed by atoms with Crippen molar-refractivity contribution < 1.29 is 8.42 Å². The van der Waals surface area contributed by atoms with E-state index in [-0.39, 0.29) is 0 Å². The molecular weight excluding hydrogens is 368 g/mol. The molecule has 0 saturated carbocycles. The Morgan fingerprint density at radius 3 is 2.62 bits per heavy atom. The fraction of sp³-hybridized carbons (Fsp3) is 0.333. The first-order chi connectivity index (χ1) is 12.3. The molecule has 0 aliphatic heterocycles. The number of hydrogen-bond acceptors (Lipinski definition) is 5. The highest BCUT2D eigenvalue weighted by Gasteiger charge is 2.17. The maximum absolute atomic E-state index is 12.5.